The largest absolute Gasteiger partial charge is 0.467 e. The molecule has 3 aromatic rings. The van der Waals surface area contributed by atoms with Crippen molar-refractivity contribution < 1.29 is 17.9 Å². The van der Waals surface area contributed by atoms with Crippen LogP contribution in [0.1, 0.15) is 24.3 Å². The van der Waals surface area contributed by atoms with Crippen LogP contribution < -0.4 is 10.1 Å². The molecular weight excluding hydrogens is 424 g/mol. The first-order chi connectivity index (χ1) is 14.3. The van der Waals surface area contributed by atoms with Crippen molar-refractivity contribution in [2.75, 3.05) is 25.0 Å². The van der Waals surface area contributed by atoms with E-state index in [9.17, 15) is 13.2 Å². The number of ether oxygens (including phenoxy) is 1. The van der Waals surface area contributed by atoms with E-state index < -0.39 is 10.0 Å². The van der Waals surface area contributed by atoms with Crippen LogP contribution in [0.3, 0.4) is 0 Å². The molecule has 1 aromatic carbocycles. The Hall–Kier alpha value is -2.56. The smallest absolute Gasteiger partial charge is 0.262 e. The molecule has 0 spiro atoms. The zero-order valence-corrected chi connectivity index (χ0v) is 18.9. The van der Waals surface area contributed by atoms with Gasteiger partial charge in [-0.3, -0.25) is 4.79 Å². The normalized spacial score (nSPS) is 11.8. The van der Waals surface area contributed by atoms with E-state index in [4.69, 9.17) is 4.74 Å². The SMILES string of the molecule is CCN(CC)S(=O)(=O)c1ccc(NC(=O)COc2ncnc3sc(C)c(C)c23)cc1. The van der Waals surface area contributed by atoms with Crippen molar-refractivity contribution in [1.82, 2.24) is 14.3 Å². The lowest BCUT2D eigenvalue weighted by molar-refractivity contribution is -0.118. The van der Waals surface area contributed by atoms with Gasteiger partial charge < -0.3 is 10.1 Å². The molecule has 3 rings (SSSR count). The van der Waals surface area contributed by atoms with Crippen LogP contribution in [-0.2, 0) is 14.8 Å². The molecule has 2 heterocycles. The fourth-order valence-electron chi connectivity index (χ4n) is 3.01. The summed E-state index contributed by atoms with van der Waals surface area (Å²) in [6.45, 7) is 8.13. The highest BCUT2D eigenvalue weighted by Gasteiger charge is 2.21. The highest BCUT2D eigenvalue weighted by Crippen LogP contribution is 2.33. The van der Waals surface area contributed by atoms with Gasteiger partial charge in [0.2, 0.25) is 15.9 Å². The van der Waals surface area contributed by atoms with E-state index in [2.05, 4.69) is 15.3 Å². The number of nitrogens with zero attached hydrogens (tertiary/aromatic N) is 3. The minimum atomic E-state index is -3.53. The molecule has 0 saturated carbocycles. The number of hydrogen-bond acceptors (Lipinski definition) is 7. The van der Waals surface area contributed by atoms with Gasteiger partial charge in [0, 0.05) is 23.7 Å². The fourth-order valence-corrected chi connectivity index (χ4v) is 5.46. The first kappa shape index (κ1) is 22.1. The predicted octanol–water partition coefficient (Wildman–Crippen LogP) is 3.36. The molecule has 1 N–H and O–H groups in total. The third-order valence-electron chi connectivity index (χ3n) is 4.75. The number of carbonyl (C=O) groups excluding carboxylic acids is 1. The Morgan fingerprint density at radius 1 is 1.13 bits per heavy atom. The summed E-state index contributed by atoms with van der Waals surface area (Å²) in [5.41, 5.74) is 1.52. The summed E-state index contributed by atoms with van der Waals surface area (Å²) >= 11 is 1.55. The Morgan fingerprint density at radius 2 is 1.80 bits per heavy atom. The van der Waals surface area contributed by atoms with Gasteiger partial charge >= 0.3 is 0 Å². The van der Waals surface area contributed by atoms with Crippen molar-refractivity contribution in [3.8, 4) is 5.88 Å². The predicted molar refractivity (Wildman–Crippen MR) is 118 cm³/mol. The highest BCUT2D eigenvalue weighted by molar-refractivity contribution is 7.89. The third kappa shape index (κ3) is 4.45. The molecule has 0 bridgehead atoms. The summed E-state index contributed by atoms with van der Waals surface area (Å²) in [7, 11) is -3.53. The van der Waals surface area contributed by atoms with Crippen LogP contribution in [0.15, 0.2) is 35.5 Å². The van der Waals surface area contributed by atoms with Crippen molar-refractivity contribution in [3.63, 3.8) is 0 Å². The molecule has 10 heteroatoms. The van der Waals surface area contributed by atoms with Gasteiger partial charge in [-0.15, -0.1) is 11.3 Å². The summed E-state index contributed by atoms with van der Waals surface area (Å²) < 4.78 is 32.1. The number of aryl methyl sites for hydroxylation is 2. The molecule has 0 atom stereocenters. The number of carbonyl (C=O) groups is 1. The average molecular weight is 449 g/mol. The lowest BCUT2D eigenvalue weighted by Gasteiger charge is -2.18. The quantitative estimate of drug-likeness (QED) is 0.567. The number of sulfonamides is 1. The molecule has 0 radical (unpaired) electrons. The Labute approximate surface area is 180 Å². The van der Waals surface area contributed by atoms with Gasteiger partial charge in [0.25, 0.3) is 5.91 Å². The summed E-state index contributed by atoms with van der Waals surface area (Å²) in [5, 5.41) is 3.52. The Bertz CT molecular complexity index is 1150. The molecule has 160 valence electrons. The second kappa shape index (κ2) is 9.07. The molecule has 0 aliphatic carbocycles. The van der Waals surface area contributed by atoms with Gasteiger partial charge in [-0.05, 0) is 43.7 Å². The maximum absolute atomic E-state index is 12.5. The van der Waals surface area contributed by atoms with Gasteiger partial charge in [0.1, 0.15) is 11.2 Å². The summed E-state index contributed by atoms with van der Waals surface area (Å²) in [5.74, 6) is 0.00313. The molecular formula is C20H24N4O4S2. The molecule has 2 aromatic heterocycles. The standard InChI is InChI=1S/C20H24N4O4S2/c1-5-24(6-2)30(26,27)16-9-7-15(8-10-16)23-17(25)11-28-19-18-13(3)14(4)29-20(18)22-12-21-19/h7-10,12H,5-6,11H2,1-4H3,(H,23,25). The fraction of sp³-hybridized carbons (Fsp3) is 0.350. The zero-order chi connectivity index (χ0) is 21.9. The number of fused-ring (bicyclic) bond motifs is 1. The topological polar surface area (TPSA) is 101 Å². The van der Waals surface area contributed by atoms with Crippen LogP contribution in [0.5, 0.6) is 5.88 Å². The van der Waals surface area contributed by atoms with Crippen molar-refractivity contribution in [1.29, 1.82) is 0 Å². The van der Waals surface area contributed by atoms with Crippen LogP contribution in [0.2, 0.25) is 0 Å². The van der Waals surface area contributed by atoms with Gasteiger partial charge in [0.15, 0.2) is 6.61 Å². The first-order valence-corrected chi connectivity index (χ1v) is 11.8. The molecule has 30 heavy (non-hydrogen) atoms. The van der Waals surface area contributed by atoms with Gasteiger partial charge in [0.05, 0.1) is 10.3 Å². The van der Waals surface area contributed by atoms with Gasteiger partial charge in [-0.1, -0.05) is 13.8 Å². The second-order valence-electron chi connectivity index (χ2n) is 6.59. The van der Waals surface area contributed by atoms with E-state index in [-0.39, 0.29) is 17.4 Å². The van der Waals surface area contributed by atoms with Crippen LogP contribution in [0.25, 0.3) is 10.2 Å². The van der Waals surface area contributed by atoms with Crippen molar-refractivity contribution in [2.24, 2.45) is 0 Å². The molecule has 8 nitrogen and oxygen atoms in total. The highest BCUT2D eigenvalue weighted by atomic mass is 32.2. The lowest BCUT2D eigenvalue weighted by Crippen LogP contribution is -2.30. The molecule has 0 aliphatic heterocycles. The van der Waals surface area contributed by atoms with E-state index in [1.165, 1.54) is 22.8 Å². The minimum absolute atomic E-state index is 0.187. The summed E-state index contributed by atoms with van der Waals surface area (Å²) in [4.78, 5) is 22.8. The molecule has 0 aliphatic rings. The van der Waals surface area contributed by atoms with E-state index in [0.717, 1.165) is 20.7 Å². The Kier molecular flexibility index (Phi) is 6.69. The summed E-state index contributed by atoms with van der Waals surface area (Å²) in [6.07, 6.45) is 1.42. The molecule has 0 unspecified atom stereocenters. The van der Waals surface area contributed by atoms with Crippen molar-refractivity contribution in [3.05, 3.63) is 41.0 Å². The summed E-state index contributed by atoms with van der Waals surface area (Å²) in [6, 6.07) is 6.08. The molecule has 1 amide bonds. The van der Waals surface area contributed by atoms with Crippen molar-refractivity contribution >= 4 is 43.2 Å². The molecule has 0 saturated heterocycles. The van der Waals surface area contributed by atoms with Crippen molar-refractivity contribution in [2.45, 2.75) is 32.6 Å². The number of thiophene rings is 1. The van der Waals surface area contributed by atoms with E-state index in [0.29, 0.717) is 24.7 Å². The average Bonchev–Trinajstić information content (AvgIpc) is 3.02. The number of nitrogens with one attached hydrogen (secondary N) is 1. The van der Waals surface area contributed by atoms with Crippen LogP contribution in [-0.4, -0.2) is 48.3 Å². The van der Waals surface area contributed by atoms with E-state index in [1.54, 1.807) is 37.3 Å². The monoisotopic (exact) mass is 448 g/mol. The molecule has 0 fully saturated rings. The van der Waals surface area contributed by atoms with Gasteiger partial charge in [-0.25, -0.2) is 18.4 Å². The maximum atomic E-state index is 12.5. The minimum Gasteiger partial charge on any atom is -0.467 e. The first-order valence-electron chi connectivity index (χ1n) is 9.51. The number of benzene rings is 1. The van der Waals surface area contributed by atoms with Gasteiger partial charge in [-0.2, -0.15) is 4.31 Å². The van der Waals surface area contributed by atoms with E-state index >= 15 is 0 Å². The second-order valence-corrected chi connectivity index (χ2v) is 9.73. The number of aromatic nitrogens is 2. The maximum Gasteiger partial charge on any atom is 0.262 e. The number of amides is 1. The van der Waals surface area contributed by atoms with Crippen LogP contribution in [0, 0.1) is 13.8 Å². The van der Waals surface area contributed by atoms with Crippen LogP contribution in [0.4, 0.5) is 5.69 Å². The number of rotatable bonds is 8. The van der Waals surface area contributed by atoms with Crippen LogP contribution >= 0.6 is 11.3 Å². The lowest BCUT2D eigenvalue weighted by atomic mass is 10.2. The number of hydrogen-bond donors (Lipinski definition) is 1. The zero-order valence-electron chi connectivity index (χ0n) is 17.3. The Balaban J connectivity index is 1.66. The Morgan fingerprint density at radius 3 is 2.43 bits per heavy atom. The van der Waals surface area contributed by atoms with E-state index in [1.807, 2.05) is 13.8 Å². The number of anilines is 1. The third-order valence-corrected chi connectivity index (χ3v) is 7.93.